The topological polar surface area (TPSA) is 93.5 Å². The molecule has 2 aromatic heterocycles. The molecule has 0 saturated heterocycles. The summed E-state index contributed by atoms with van der Waals surface area (Å²) in [5.74, 6) is -1.54. The molecule has 0 radical (unpaired) electrons. The largest absolute Gasteiger partial charge is 0.462 e. The summed E-state index contributed by atoms with van der Waals surface area (Å²) in [6, 6.07) is 0. The van der Waals surface area contributed by atoms with Gasteiger partial charge in [0.25, 0.3) is 5.91 Å². The number of nitrogens with zero attached hydrogens (tertiary/aromatic N) is 3. The molecule has 0 bridgehead atoms. The molecule has 2 aromatic rings. The van der Waals surface area contributed by atoms with Crippen LogP contribution in [0.15, 0.2) is 0 Å². The van der Waals surface area contributed by atoms with E-state index in [9.17, 15) is 14.4 Å². The number of carbonyl (C=O) groups is 3. The molecular weight excluding hydrogens is 440 g/mol. The van der Waals surface area contributed by atoms with E-state index in [4.69, 9.17) is 16.3 Å². The van der Waals surface area contributed by atoms with Crippen LogP contribution in [0.25, 0.3) is 0 Å². The predicted octanol–water partition coefficient (Wildman–Crippen LogP) is 4.07. The Balaban J connectivity index is 2.31. The lowest BCUT2D eigenvalue weighted by atomic mass is 10.1. The standard InChI is InChI=1S/C21H29ClN4O4S/c1-8-9-30-21(29)15-12(3)17(20(28)25(6)7)31-19(15)23-18(27)11(2)10-26-14(5)16(22)13(4)24-26/h11H,8-10H2,1-7H3,(H,23,27). The van der Waals surface area contributed by atoms with Crippen molar-refractivity contribution in [1.82, 2.24) is 14.7 Å². The first-order chi connectivity index (χ1) is 14.5. The van der Waals surface area contributed by atoms with Gasteiger partial charge in [-0.3, -0.25) is 14.3 Å². The van der Waals surface area contributed by atoms with Crippen molar-refractivity contribution in [3.8, 4) is 0 Å². The second-order valence-corrected chi connectivity index (χ2v) is 9.05. The van der Waals surface area contributed by atoms with Crippen molar-refractivity contribution < 1.29 is 19.1 Å². The lowest BCUT2D eigenvalue weighted by Crippen LogP contribution is -2.25. The molecular formula is C21H29ClN4O4S. The van der Waals surface area contributed by atoms with Crippen molar-refractivity contribution in [3.63, 3.8) is 0 Å². The third kappa shape index (κ3) is 5.46. The summed E-state index contributed by atoms with van der Waals surface area (Å²) >= 11 is 7.27. The molecule has 2 rings (SSSR count). The Bertz CT molecular complexity index is 996. The molecule has 0 aliphatic rings. The van der Waals surface area contributed by atoms with Gasteiger partial charge >= 0.3 is 5.97 Å². The molecule has 8 nitrogen and oxygen atoms in total. The van der Waals surface area contributed by atoms with E-state index in [1.165, 1.54) is 4.90 Å². The van der Waals surface area contributed by atoms with E-state index >= 15 is 0 Å². The Kier molecular flexibility index (Phi) is 8.25. The van der Waals surface area contributed by atoms with E-state index in [1.54, 1.807) is 32.6 Å². The first kappa shape index (κ1) is 24.9. The van der Waals surface area contributed by atoms with Gasteiger partial charge in [-0.2, -0.15) is 5.10 Å². The molecule has 1 atom stereocenters. The van der Waals surface area contributed by atoms with Crippen LogP contribution in [0.4, 0.5) is 5.00 Å². The SMILES string of the molecule is CCCOC(=O)c1c(NC(=O)C(C)Cn2nc(C)c(Cl)c2C)sc(C(=O)N(C)C)c1C. The fourth-order valence-corrected chi connectivity index (χ4v) is 4.31. The van der Waals surface area contributed by atoms with Crippen molar-refractivity contribution in [2.24, 2.45) is 5.92 Å². The highest BCUT2D eigenvalue weighted by molar-refractivity contribution is 7.18. The minimum Gasteiger partial charge on any atom is -0.462 e. The van der Waals surface area contributed by atoms with Crippen LogP contribution in [-0.2, 0) is 16.1 Å². The van der Waals surface area contributed by atoms with Gasteiger partial charge in [-0.05, 0) is 32.8 Å². The summed E-state index contributed by atoms with van der Waals surface area (Å²) in [5.41, 5.74) is 2.21. The van der Waals surface area contributed by atoms with Crippen LogP contribution in [0, 0.1) is 26.7 Å². The summed E-state index contributed by atoms with van der Waals surface area (Å²) < 4.78 is 6.98. The van der Waals surface area contributed by atoms with Gasteiger partial charge in [0, 0.05) is 14.1 Å². The monoisotopic (exact) mass is 468 g/mol. The molecule has 31 heavy (non-hydrogen) atoms. The van der Waals surface area contributed by atoms with Crippen molar-refractivity contribution in [2.75, 3.05) is 26.0 Å². The lowest BCUT2D eigenvalue weighted by molar-refractivity contribution is -0.119. The van der Waals surface area contributed by atoms with Gasteiger partial charge < -0.3 is 15.0 Å². The second-order valence-electron chi connectivity index (χ2n) is 7.65. The first-order valence-corrected chi connectivity index (χ1v) is 11.2. The predicted molar refractivity (Wildman–Crippen MR) is 122 cm³/mol. The van der Waals surface area contributed by atoms with Gasteiger partial charge in [0.15, 0.2) is 0 Å². The summed E-state index contributed by atoms with van der Waals surface area (Å²) in [7, 11) is 3.27. The van der Waals surface area contributed by atoms with Crippen LogP contribution in [-0.4, -0.2) is 53.2 Å². The third-order valence-electron chi connectivity index (χ3n) is 4.81. The van der Waals surface area contributed by atoms with E-state index in [1.807, 2.05) is 20.8 Å². The van der Waals surface area contributed by atoms with E-state index in [0.717, 1.165) is 17.0 Å². The molecule has 2 amide bonds. The number of rotatable bonds is 8. The molecule has 1 N–H and O–H groups in total. The summed E-state index contributed by atoms with van der Waals surface area (Å²) in [6.07, 6.45) is 0.669. The number of thiophene rings is 1. The number of aromatic nitrogens is 2. The van der Waals surface area contributed by atoms with Crippen LogP contribution < -0.4 is 5.32 Å². The average Bonchev–Trinajstić information content (AvgIpc) is 3.16. The Labute approximate surface area is 191 Å². The Morgan fingerprint density at radius 2 is 1.90 bits per heavy atom. The zero-order valence-corrected chi connectivity index (χ0v) is 20.5. The van der Waals surface area contributed by atoms with Crippen molar-refractivity contribution in [3.05, 3.63) is 32.4 Å². The number of amides is 2. The zero-order valence-electron chi connectivity index (χ0n) is 19.0. The quantitative estimate of drug-likeness (QED) is 0.589. The zero-order chi connectivity index (χ0) is 23.5. The Morgan fingerprint density at radius 1 is 1.26 bits per heavy atom. The maximum atomic E-state index is 12.9. The molecule has 1 unspecified atom stereocenters. The summed E-state index contributed by atoms with van der Waals surface area (Å²) in [5, 5.41) is 8.07. The average molecular weight is 469 g/mol. The van der Waals surface area contributed by atoms with Gasteiger partial charge in [0.05, 0.1) is 45.9 Å². The number of anilines is 1. The number of hydrogen-bond acceptors (Lipinski definition) is 6. The van der Waals surface area contributed by atoms with Crippen molar-refractivity contribution in [1.29, 1.82) is 0 Å². The smallest absolute Gasteiger partial charge is 0.341 e. The van der Waals surface area contributed by atoms with Crippen LogP contribution in [0.3, 0.4) is 0 Å². The molecule has 0 saturated carbocycles. The van der Waals surface area contributed by atoms with E-state index in [-0.39, 0.29) is 24.0 Å². The molecule has 0 spiro atoms. The molecule has 170 valence electrons. The molecule has 0 aliphatic heterocycles. The van der Waals surface area contributed by atoms with Crippen molar-refractivity contribution in [2.45, 2.75) is 47.6 Å². The first-order valence-electron chi connectivity index (χ1n) is 10.0. The van der Waals surface area contributed by atoms with Gasteiger partial charge in [0.2, 0.25) is 5.91 Å². The minimum atomic E-state index is -0.554. The molecule has 0 aromatic carbocycles. The van der Waals surface area contributed by atoms with Gasteiger partial charge in [0.1, 0.15) is 5.00 Å². The van der Waals surface area contributed by atoms with Crippen LogP contribution in [0.2, 0.25) is 5.02 Å². The second kappa shape index (κ2) is 10.3. The number of halogens is 1. The van der Waals surface area contributed by atoms with Crippen LogP contribution in [0.1, 0.15) is 57.2 Å². The highest BCUT2D eigenvalue weighted by Crippen LogP contribution is 2.35. The fourth-order valence-electron chi connectivity index (χ4n) is 2.95. The number of aryl methyl sites for hydroxylation is 1. The Hall–Kier alpha value is -2.39. The lowest BCUT2D eigenvalue weighted by Gasteiger charge is -2.14. The fraction of sp³-hybridized carbons (Fsp3) is 0.524. The molecule has 2 heterocycles. The highest BCUT2D eigenvalue weighted by Gasteiger charge is 2.28. The molecule has 10 heteroatoms. The maximum Gasteiger partial charge on any atom is 0.341 e. The van der Waals surface area contributed by atoms with Gasteiger partial charge in [-0.1, -0.05) is 25.4 Å². The number of hydrogen-bond donors (Lipinski definition) is 1. The van der Waals surface area contributed by atoms with E-state index in [0.29, 0.717) is 39.1 Å². The Morgan fingerprint density at radius 3 is 2.42 bits per heavy atom. The minimum absolute atomic E-state index is 0.221. The third-order valence-corrected chi connectivity index (χ3v) is 6.56. The number of nitrogens with one attached hydrogen (secondary N) is 1. The number of carbonyl (C=O) groups excluding carboxylic acids is 3. The van der Waals surface area contributed by atoms with Crippen LogP contribution >= 0.6 is 22.9 Å². The van der Waals surface area contributed by atoms with Crippen LogP contribution in [0.5, 0.6) is 0 Å². The van der Waals surface area contributed by atoms with Gasteiger partial charge in [-0.15, -0.1) is 11.3 Å². The number of esters is 1. The normalized spacial score (nSPS) is 11.9. The highest BCUT2D eigenvalue weighted by atomic mass is 35.5. The van der Waals surface area contributed by atoms with E-state index in [2.05, 4.69) is 10.4 Å². The van der Waals surface area contributed by atoms with E-state index < -0.39 is 11.9 Å². The van der Waals surface area contributed by atoms with Crippen molar-refractivity contribution >= 4 is 45.7 Å². The molecule has 0 aliphatic carbocycles. The molecule has 0 fully saturated rings. The summed E-state index contributed by atoms with van der Waals surface area (Å²) in [6.45, 7) is 9.58. The van der Waals surface area contributed by atoms with Gasteiger partial charge in [-0.25, -0.2) is 4.79 Å². The maximum absolute atomic E-state index is 12.9. The summed E-state index contributed by atoms with van der Waals surface area (Å²) in [4.78, 5) is 39.9. The number of ether oxygens (including phenoxy) is 1.